The van der Waals surface area contributed by atoms with Crippen LogP contribution >= 0.6 is 12.6 Å². The van der Waals surface area contributed by atoms with Gasteiger partial charge in [-0.15, -0.1) is 0 Å². The number of hydrogen-bond donors (Lipinski definition) is 3. The lowest BCUT2D eigenvalue weighted by molar-refractivity contribution is -0.146. The number of carbonyl (C=O) groups is 2. The maximum absolute atomic E-state index is 11.1. The van der Waals surface area contributed by atoms with Gasteiger partial charge in [-0.05, 0) is 6.42 Å². The molecule has 2 N–H and O–H groups in total. The summed E-state index contributed by atoms with van der Waals surface area (Å²) in [4.78, 5) is 21.7. The molecule has 0 aromatic rings. The molecule has 9 heteroatoms. The second kappa shape index (κ2) is 7.09. The molecule has 0 spiro atoms. The van der Waals surface area contributed by atoms with Gasteiger partial charge >= 0.3 is 20.7 Å². The van der Waals surface area contributed by atoms with E-state index in [2.05, 4.69) is 12.6 Å². The van der Waals surface area contributed by atoms with E-state index in [0.717, 1.165) is 0 Å². The predicted octanol–water partition coefficient (Wildman–Crippen LogP) is 0.482. The summed E-state index contributed by atoms with van der Waals surface area (Å²) in [5.74, 6) is -2.52. The zero-order valence-corrected chi connectivity index (χ0v) is 12.4. The quantitative estimate of drug-likeness (QED) is 0.420. The van der Waals surface area contributed by atoms with Crippen molar-refractivity contribution in [3.63, 3.8) is 0 Å². The molecule has 0 saturated heterocycles. The van der Waals surface area contributed by atoms with Gasteiger partial charge in [-0.1, -0.05) is 0 Å². The van der Waals surface area contributed by atoms with Crippen molar-refractivity contribution in [2.45, 2.75) is 23.6 Å². The van der Waals surface area contributed by atoms with Crippen molar-refractivity contribution in [2.24, 2.45) is 0 Å². The predicted molar refractivity (Wildman–Crippen MR) is 67.8 cm³/mol. The third kappa shape index (κ3) is 4.57. The summed E-state index contributed by atoms with van der Waals surface area (Å²) in [5, 5.41) is 17.8. The molecule has 1 unspecified atom stereocenters. The van der Waals surface area contributed by atoms with Crippen molar-refractivity contribution in [1.82, 2.24) is 0 Å². The Kier molecular flexibility index (Phi) is 6.85. The van der Waals surface area contributed by atoms with Crippen LogP contribution in [0.25, 0.3) is 0 Å². The molecular formula is C9H18O7SSi. The number of aliphatic carboxylic acids is 2. The highest BCUT2D eigenvalue weighted by atomic mass is 32.1. The van der Waals surface area contributed by atoms with Crippen molar-refractivity contribution >= 4 is 33.4 Å². The van der Waals surface area contributed by atoms with Crippen LogP contribution in [0.15, 0.2) is 0 Å². The van der Waals surface area contributed by atoms with Crippen molar-refractivity contribution < 1.29 is 33.1 Å². The number of rotatable bonds is 9. The number of carboxylic acids is 2. The lowest BCUT2D eigenvalue weighted by Crippen LogP contribution is -2.46. The van der Waals surface area contributed by atoms with Crippen LogP contribution in [0.2, 0.25) is 6.04 Å². The highest BCUT2D eigenvalue weighted by Gasteiger charge is 2.44. The Morgan fingerprint density at radius 1 is 1.17 bits per heavy atom. The smallest absolute Gasteiger partial charge is 0.481 e. The molecule has 0 aliphatic heterocycles. The van der Waals surface area contributed by atoms with E-state index in [9.17, 15) is 9.59 Å². The van der Waals surface area contributed by atoms with E-state index in [1.54, 1.807) is 0 Å². The molecule has 0 aromatic heterocycles. The second-order valence-corrected chi connectivity index (χ2v) is 7.65. The van der Waals surface area contributed by atoms with Crippen molar-refractivity contribution in [2.75, 3.05) is 21.3 Å². The van der Waals surface area contributed by atoms with Crippen molar-refractivity contribution in [1.29, 1.82) is 0 Å². The zero-order valence-electron chi connectivity index (χ0n) is 10.5. The highest BCUT2D eigenvalue weighted by molar-refractivity contribution is 7.82. The first kappa shape index (κ1) is 17.4. The normalized spacial score (nSPS) is 15.1. The molecule has 18 heavy (non-hydrogen) atoms. The molecule has 0 fully saturated rings. The lowest BCUT2D eigenvalue weighted by Gasteiger charge is -2.28. The highest BCUT2D eigenvalue weighted by Crippen LogP contribution is 2.30. The maximum Gasteiger partial charge on any atom is 0.500 e. The molecule has 0 heterocycles. The third-order valence-electron chi connectivity index (χ3n) is 2.62. The van der Waals surface area contributed by atoms with Gasteiger partial charge in [-0.3, -0.25) is 9.59 Å². The van der Waals surface area contributed by atoms with E-state index in [-0.39, 0.29) is 12.5 Å². The summed E-state index contributed by atoms with van der Waals surface area (Å²) in [5.41, 5.74) is 0. The molecule has 0 radical (unpaired) electrons. The maximum atomic E-state index is 11.1. The van der Waals surface area contributed by atoms with E-state index < -0.39 is 31.9 Å². The van der Waals surface area contributed by atoms with Gasteiger partial charge in [0.2, 0.25) is 0 Å². The molecule has 7 nitrogen and oxygen atoms in total. The largest absolute Gasteiger partial charge is 0.500 e. The standard InChI is InChI=1S/C9H18O7SSi/c1-14-18(15-2,16-3)5-4-9(17,8(12)13)6-7(10)11/h17H,4-6H2,1-3H3,(H,10,11)(H,12,13). The van der Waals surface area contributed by atoms with Gasteiger partial charge in [0, 0.05) is 27.4 Å². The molecule has 0 rings (SSSR count). The van der Waals surface area contributed by atoms with E-state index in [1.807, 2.05) is 0 Å². The minimum Gasteiger partial charge on any atom is -0.481 e. The average Bonchev–Trinajstić information content (AvgIpc) is 2.30. The fourth-order valence-electron chi connectivity index (χ4n) is 1.44. The van der Waals surface area contributed by atoms with Crippen molar-refractivity contribution in [3.05, 3.63) is 0 Å². The summed E-state index contributed by atoms with van der Waals surface area (Å²) in [7, 11) is 1.27. The topological polar surface area (TPSA) is 102 Å². The molecule has 0 aliphatic rings. The molecule has 0 saturated carbocycles. The molecule has 0 aliphatic carbocycles. The fourth-order valence-corrected chi connectivity index (χ4v) is 3.74. The Balaban J connectivity index is 4.81. The first-order valence-electron chi connectivity index (χ1n) is 5.08. The van der Waals surface area contributed by atoms with Crippen LogP contribution in [-0.4, -0.2) is 57.0 Å². The summed E-state index contributed by atoms with van der Waals surface area (Å²) in [6.07, 6.45) is -0.618. The minimum absolute atomic E-state index is 0.0283. The van der Waals surface area contributed by atoms with Crippen molar-refractivity contribution in [3.8, 4) is 0 Å². The van der Waals surface area contributed by atoms with E-state index in [1.165, 1.54) is 21.3 Å². The second-order valence-electron chi connectivity index (χ2n) is 3.70. The summed E-state index contributed by atoms with van der Waals surface area (Å²) >= 11 is 3.96. The lowest BCUT2D eigenvalue weighted by atomic mass is 10.0. The Morgan fingerprint density at radius 2 is 1.61 bits per heavy atom. The van der Waals surface area contributed by atoms with Gasteiger partial charge in [0.25, 0.3) is 0 Å². The zero-order chi connectivity index (χ0) is 14.4. The molecular weight excluding hydrogens is 280 g/mol. The van der Waals surface area contributed by atoms with Crippen LogP contribution in [0, 0.1) is 0 Å². The molecule has 0 bridgehead atoms. The van der Waals surface area contributed by atoms with Crippen LogP contribution < -0.4 is 0 Å². The Morgan fingerprint density at radius 3 is 1.89 bits per heavy atom. The molecule has 0 amide bonds. The van der Waals surface area contributed by atoms with E-state index in [0.29, 0.717) is 0 Å². The molecule has 0 aromatic carbocycles. The first-order valence-corrected chi connectivity index (χ1v) is 7.46. The first-order chi connectivity index (χ1) is 8.25. The van der Waals surface area contributed by atoms with Gasteiger partial charge < -0.3 is 23.5 Å². The number of thiol groups is 1. The Hall–Kier alpha value is -0.613. The van der Waals surface area contributed by atoms with Crippen LogP contribution in [0.4, 0.5) is 0 Å². The average molecular weight is 298 g/mol. The van der Waals surface area contributed by atoms with Gasteiger partial charge in [-0.25, -0.2) is 0 Å². The summed E-state index contributed by atoms with van der Waals surface area (Å²) in [6, 6.07) is 0.166. The minimum atomic E-state index is -2.93. The van der Waals surface area contributed by atoms with E-state index in [4.69, 9.17) is 23.5 Å². The third-order valence-corrected chi connectivity index (χ3v) is 5.92. The SMILES string of the molecule is CO[Si](CCC(S)(CC(=O)O)C(=O)O)(OC)OC. The van der Waals surface area contributed by atoms with Gasteiger partial charge in [-0.2, -0.15) is 12.6 Å². The molecule has 106 valence electrons. The fraction of sp³-hybridized carbons (Fsp3) is 0.778. The van der Waals surface area contributed by atoms with Gasteiger partial charge in [0.1, 0.15) is 4.75 Å². The van der Waals surface area contributed by atoms with Gasteiger partial charge in [0.15, 0.2) is 0 Å². The summed E-state index contributed by atoms with van der Waals surface area (Å²) in [6.45, 7) is 0. The van der Waals surface area contributed by atoms with Gasteiger partial charge in [0.05, 0.1) is 6.42 Å². The van der Waals surface area contributed by atoms with E-state index >= 15 is 0 Å². The number of hydrogen-bond acceptors (Lipinski definition) is 6. The Labute approximate surface area is 112 Å². The Bertz CT molecular complexity index is 299. The van der Waals surface area contributed by atoms with Crippen LogP contribution in [-0.2, 0) is 22.9 Å². The summed E-state index contributed by atoms with van der Waals surface area (Å²) < 4.78 is 13.7. The molecule has 1 atom stereocenters. The number of carboxylic acid groups (broad SMARTS) is 2. The monoisotopic (exact) mass is 298 g/mol. The van der Waals surface area contributed by atoms with Crippen LogP contribution in [0.3, 0.4) is 0 Å². The van der Waals surface area contributed by atoms with Crippen LogP contribution in [0.1, 0.15) is 12.8 Å². The van der Waals surface area contributed by atoms with Crippen LogP contribution in [0.5, 0.6) is 0 Å².